The quantitative estimate of drug-likeness (QED) is 0.571. The van der Waals surface area contributed by atoms with Gasteiger partial charge in [0.1, 0.15) is 17.4 Å². The lowest BCUT2D eigenvalue weighted by molar-refractivity contribution is -0.152. The van der Waals surface area contributed by atoms with Crippen LogP contribution in [0.1, 0.15) is 74.7 Å². The van der Waals surface area contributed by atoms with E-state index >= 15 is 0 Å². The molecule has 0 aliphatic carbocycles. The van der Waals surface area contributed by atoms with Crippen molar-refractivity contribution in [2.45, 2.75) is 92.3 Å². The van der Waals surface area contributed by atoms with Crippen LogP contribution in [0.25, 0.3) is 0 Å². The predicted molar refractivity (Wildman–Crippen MR) is 117 cm³/mol. The largest absolute Gasteiger partial charge is 0.499 e. The van der Waals surface area contributed by atoms with Crippen molar-refractivity contribution in [3.63, 3.8) is 0 Å². The summed E-state index contributed by atoms with van der Waals surface area (Å²) in [4.78, 5) is 54.2. The molecule has 0 saturated heterocycles. The molecule has 8 heteroatoms. The fourth-order valence-electron chi connectivity index (χ4n) is 3.50. The molecule has 0 saturated carbocycles. The molecule has 0 aromatic rings. The van der Waals surface area contributed by atoms with Crippen LogP contribution >= 0.6 is 0 Å². The van der Waals surface area contributed by atoms with Crippen LogP contribution in [-0.4, -0.2) is 58.4 Å². The van der Waals surface area contributed by atoms with Crippen LogP contribution in [0.3, 0.4) is 0 Å². The summed E-state index contributed by atoms with van der Waals surface area (Å²) in [5.41, 5.74) is -0.844. The van der Waals surface area contributed by atoms with Gasteiger partial charge in [0, 0.05) is 12.5 Å². The Morgan fingerprint density at radius 1 is 1.13 bits per heavy atom. The Morgan fingerprint density at radius 3 is 2.13 bits per heavy atom. The monoisotopic (exact) mass is 438 g/mol. The molecule has 31 heavy (non-hydrogen) atoms. The van der Waals surface area contributed by atoms with Crippen LogP contribution in [0.15, 0.2) is 11.8 Å². The average Bonchev–Trinajstić information content (AvgIpc) is 2.92. The first-order valence-electron chi connectivity index (χ1n) is 10.9. The van der Waals surface area contributed by atoms with E-state index in [9.17, 15) is 19.2 Å². The smallest absolute Gasteiger partial charge is 0.417 e. The second-order valence-corrected chi connectivity index (χ2v) is 9.69. The molecule has 0 bridgehead atoms. The highest BCUT2D eigenvalue weighted by molar-refractivity contribution is 6.08. The highest BCUT2D eigenvalue weighted by atomic mass is 16.6. The van der Waals surface area contributed by atoms with Gasteiger partial charge in [0.05, 0.1) is 13.2 Å². The molecule has 4 amide bonds. The van der Waals surface area contributed by atoms with E-state index in [0.717, 1.165) is 9.80 Å². The van der Waals surface area contributed by atoms with Crippen molar-refractivity contribution < 1.29 is 28.7 Å². The Bertz CT molecular complexity index is 720. The number of hydrogen-bond donors (Lipinski definition) is 0. The van der Waals surface area contributed by atoms with Crippen molar-refractivity contribution in [1.82, 2.24) is 9.80 Å². The minimum atomic E-state index is -1.15. The van der Waals surface area contributed by atoms with Crippen LogP contribution in [0.4, 0.5) is 4.79 Å². The van der Waals surface area contributed by atoms with Gasteiger partial charge in [-0.1, -0.05) is 34.6 Å². The molecule has 2 unspecified atom stereocenters. The molecule has 0 radical (unpaired) electrons. The van der Waals surface area contributed by atoms with Crippen LogP contribution in [0.5, 0.6) is 0 Å². The van der Waals surface area contributed by atoms with Crippen LogP contribution in [0.2, 0.25) is 0 Å². The van der Waals surface area contributed by atoms with Crippen LogP contribution < -0.4 is 0 Å². The molecule has 1 aliphatic heterocycles. The summed E-state index contributed by atoms with van der Waals surface area (Å²) < 4.78 is 10.8. The van der Waals surface area contributed by atoms with Crippen molar-refractivity contribution >= 4 is 23.8 Å². The van der Waals surface area contributed by atoms with Crippen LogP contribution in [-0.2, 0) is 23.9 Å². The van der Waals surface area contributed by atoms with E-state index in [1.165, 1.54) is 13.2 Å². The number of imide groups is 2. The summed E-state index contributed by atoms with van der Waals surface area (Å²) in [6, 6.07) is -1.72. The van der Waals surface area contributed by atoms with E-state index in [1.54, 1.807) is 27.7 Å². The number of carbonyl (C=O) groups excluding carboxylic acids is 4. The van der Waals surface area contributed by atoms with E-state index in [4.69, 9.17) is 9.47 Å². The van der Waals surface area contributed by atoms with Crippen molar-refractivity contribution in [2.24, 2.45) is 11.8 Å². The lowest BCUT2D eigenvalue weighted by atomic mass is 9.98. The maximum absolute atomic E-state index is 13.7. The van der Waals surface area contributed by atoms with Gasteiger partial charge in [0.15, 0.2) is 0 Å². The molecule has 0 aromatic heterocycles. The lowest BCUT2D eigenvalue weighted by Gasteiger charge is -2.35. The Kier molecular flexibility index (Phi) is 9.26. The van der Waals surface area contributed by atoms with Gasteiger partial charge >= 0.3 is 6.09 Å². The SMILES string of the molecule is CCC(=O)N(C(=O)OC(C)(C)C)C(CC(C)C)C(=O)N1C(=O)C=C(OC)C1CC(C)C. The summed E-state index contributed by atoms with van der Waals surface area (Å²) in [5, 5.41) is 0. The zero-order valence-corrected chi connectivity index (χ0v) is 20.4. The van der Waals surface area contributed by atoms with Gasteiger partial charge in [-0.3, -0.25) is 19.3 Å². The lowest BCUT2D eigenvalue weighted by Crippen LogP contribution is -2.56. The maximum atomic E-state index is 13.7. The zero-order chi connectivity index (χ0) is 24.1. The van der Waals surface area contributed by atoms with Gasteiger partial charge < -0.3 is 9.47 Å². The minimum Gasteiger partial charge on any atom is -0.499 e. The topological polar surface area (TPSA) is 93.2 Å². The number of nitrogens with zero attached hydrogens (tertiary/aromatic N) is 2. The van der Waals surface area contributed by atoms with Crippen molar-refractivity contribution in [1.29, 1.82) is 0 Å². The molecule has 176 valence electrons. The van der Waals surface area contributed by atoms with Gasteiger partial charge in [0.25, 0.3) is 11.8 Å². The maximum Gasteiger partial charge on any atom is 0.417 e. The fourth-order valence-corrected chi connectivity index (χ4v) is 3.50. The number of carbonyl (C=O) groups is 4. The molecule has 8 nitrogen and oxygen atoms in total. The van der Waals surface area contributed by atoms with E-state index < -0.39 is 41.5 Å². The van der Waals surface area contributed by atoms with E-state index in [0.29, 0.717) is 12.2 Å². The van der Waals surface area contributed by atoms with E-state index in [-0.39, 0.29) is 24.7 Å². The Morgan fingerprint density at radius 2 is 1.71 bits per heavy atom. The molecular weight excluding hydrogens is 400 g/mol. The summed E-state index contributed by atoms with van der Waals surface area (Å²) in [7, 11) is 1.46. The molecule has 0 spiro atoms. The minimum absolute atomic E-state index is 0.0142. The molecule has 1 heterocycles. The van der Waals surface area contributed by atoms with Crippen molar-refractivity contribution in [3.05, 3.63) is 11.8 Å². The number of methoxy groups -OCH3 is 1. The first-order chi connectivity index (χ1) is 14.2. The summed E-state index contributed by atoms with van der Waals surface area (Å²) in [5.74, 6) is -1.05. The average molecular weight is 439 g/mol. The summed E-state index contributed by atoms with van der Waals surface area (Å²) in [6.07, 6.45) is 1.16. The first kappa shape index (κ1) is 26.7. The number of amides is 4. The second kappa shape index (κ2) is 10.8. The zero-order valence-electron chi connectivity index (χ0n) is 20.4. The molecule has 2 atom stereocenters. The molecule has 0 fully saturated rings. The third kappa shape index (κ3) is 7.08. The summed E-state index contributed by atoms with van der Waals surface area (Å²) >= 11 is 0. The first-order valence-corrected chi connectivity index (χ1v) is 10.9. The van der Waals surface area contributed by atoms with Gasteiger partial charge in [-0.15, -0.1) is 0 Å². The number of ether oxygens (including phenoxy) is 2. The molecular formula is C23H38N2O6. The molecule has 1 aliphatic rings. The van der Waals surface area contributed by atoms with Crippen molar-refractivity contribution in [3.8, 4) is 0 Å². The molecule has 0 aromatic carbocycles. The molecule has 0 N–H and O–H groups in total. The Balaban J connectivity index is 3.43. The summed E-state index contributed by atoms with van der Waals surface area (Å²) in [6.45, 7) is 14.4. The standard InChI is InChI=1S/C23H38N2O6/c1-10-19(26)25(22(29)31-23(6,7)8)17(12-15(4)5)21(28)24-16(11-14(2)3)18(30-9)13-20(24)27/h13-17H,10-12H2,1-9H3. The number of hydrogen-bond acceptors (Lipinski definition) is 6. The van der Waals surface area contributed by atoms with Gasteiger partial charge in [-0.05, 0) is 45.4 Å². The van der Waals surface area contributed by atoms with E-state index in [1.807, 2.05) is 27.7 Å². The van der Waals surface area contributed by atoms with Gasteiger partial charge in [-0.25, -0.2) is 9.69 Å². The Hall–Kier alpha value is -2.38. The predicted octanol–water partition coefficient (Wildman–Crippen LogP) is 3.89. The third-order valence-electron chi connectivity index (χ3n) is 4.76. The third-order valence-corrected chi connectivity index (χ3v) is 4.76. The second-order valence-electron chi connectivity index (χ2n) is 9.69. The number of rotatable bonds is 8. The highest BCUT2D eigenvalue weighted by Gasteiger charge is 2.45. The fraction of sp³-hybridized carbons (Fsp3) is 0.739. The van der Waals surface area contributed by atoms with Gasteiger partial charge in [0.2, 0.25) is 5.91 Å². The van der Waals surface area contributed by atoms with Crippen LogP contribution in [0, 0.1) is 11.8 Å². The van der Waals surface area contributed by atoms with Gasteiger partial charge in [-0.2, -0.15) is 0 Å². The van der Waals surface area contributed by atoms with E-state index in [2.05, 4.69) is 0 Å². The highest BCUT2D eigenvalue weighted by Crippen LogP contribution is 2.29. The molecule has 1 rings (SSSR count). The Labute approximate surface area is 185 Å². The normalized spacial score (nSPS) is 17.6. The van der Waals surface area contributed by atoms with Crippen molar-refractivity contribution in [2.75, 3.05) is 7.11 Å².